The fourth-order valence-corrected chi connectivity index (χ4v) is 2.46. The number of hydrogen-bond acceptors (Lipinski definition) is 3. The van der Waals surface area contributed by atoms with E-state index in [1.54, 1.807) is 6.08 Å². The zero-order valence-electron chi connectivity index (χ0n) is 9.91. The zero-order chi connectivity index (χ0) is 11.6. The summed E-state index contributed by atoms with van der Waals surface area (Å²) in [5.41, 5.74) is 0.682. The maximum absolute atomic E-state index is 11.8. The molecule has 0 saturated heterocycles. The predicted molar refractivity (Wildman–Crippen MR) is 58.3 cm³/mol. The van der Waals surface area contributed by atoms with Gasteiger partial charge in [0, 0.05) is 0 Å². The molecule has 86 valence electrons. The first-order valence-electron chi connectivity index (χ1n) is 5.41. The van der Waals surface area contributed by atoms with Gasteiger partial charge >= 0.3 is 5.97 Å². The third kappa shape index (κ3) is 2.59. The summed E-state index contributed by atoms with van der Waals surface area (Å²) in [6.45, 7) is 8.08. The molecule has 0 aromatic heterocycles. The summed E-state index contributed by atoms with van der Waals surface area (Å²) in [6.07, 6.45) is 1.92. The average molecular weight is 212 g/mol. The Morgan fingerprint density at radius 3 is 2.73 bits per heavy atom. The number of aliphatic hydroxyl groups excluding tert-OH is 1. The van der Waals surface area contributed by atoms with Gasteiger partial charge in [0.1, 0.15) is 0 Å². The lowest BCUT2D eigenvalue weighted by molar-refractivity contribution is -0.151. The van der Waals surface area contributed by atoms with Crippen molar-refractivity contribution >= 4 is 5.97 Å². The third-order valence-electron chi connectivity index (χ3n) is 2.95. The van der Waals surface area contributed by atoms with Gasteiger partial charge in [0.25, 0.3) is 0 Å². The van der Waals surface area contributed by atoms with Crippen molar-refractivity contribution in [1.29, 1.82) is 0 Å². The van der Waals surface area contributed by atoms with Crippen molar-refractivity contribution in [3.8, 4) is 0 Å². The number of hydrogen-bond donors (Lipinski definition) is 1. The van der Waals surface area contributed by atoms with Crippen LogP contribution in [-0.2, 0) is 9.53 Å². The molecule has 0 aromatic carbocycles. The van der Waals surface area contributed by atoms with Crippen LogP contribution in [0.1, 0.15) is 34.1 Å². The average Bonchev–Trinajstić information content (AvgIpc) is 1.99. The van der Waals surface area contributed by atoms with Crippen LogP contribution in [0.25, 0.3) is 0 Å². The lowest BCUT2D eigenvalue weighted by Crippen LogP contribution is -2.39. The van der Waals surface area contributed by atoms with Crippen molar-refractivity contribution in [1.82, 2.24) is 0 Å². The van der Waals surface area contributed by atoms with Crippen LogP contribution in [0.3, 0.4) is 0 Å². The second kappa shape index (κ2) is 4.35. The minimum absolute atomic E-state index is 0.178. The fraction of sp³-hybridized carbons (Fsp3) is 0.750. The Bertz CT molecular complexity index is 279. The van der Waals surface area contributed by atoms with E-state index >= 15 is 0 Å². The Labute approximate surface area is 91.1 Å². The molecule has 0 amide bonds. The van der Waals surface area contributed by atoms with Crippen LogP contribution in [0.2, 0.25) is 0 Å². The molecule has 0 aliphatic heterocycles. The second-order valence-corrected chi connectivity index (χ2v) is 4.86. The number of rotatable bonds is 2. The molecule has 1 N–H and O–H groups in total. The summed E-state index contributed by atoms with van der Waals surface area (Å²) in [5, 5.41) is 9.62. The highest BCUT2D eigenvalue weighted by molar-refractivity contribution is 5.77. The highest BCUT2D eigenvalue weighted by atomic mass is 16.5. The minimum Gasteiger partial charge on any atom is -0.466 e. The fourth-order valence-electron chi connectivity index (χ4n) is 2.46. The molecule has 1 aliphatic rings. The van der Waals surface area contributed by atoms with Gasteiger partial charge in [-0.1, -0.05) is 25.5 Å². The molecule has 0 bridgehead atoms. The smallest absolute Gasteiger partial charge is 0.313 e. The van der Waals surface area contributed by atoms with Gasteiger partial charge in [0.15, 0.2) is 0 Å². The van der Waals surface area contributed by atoms with Gasteiger partial charge in [-0.05, 0) is 25.7 Å². The topological polar surface area (TPSA) is 46.5 Å². The molecule has 3 heteroatoms. The standard InChI is InChI=1S/C12H20O3/c1-5-15-11(14)10-8(2)6-9(13)7-12(10,3)4/h6,9-10,13H,5,7H2,1-4H3. The van der Waals surface area contributed by atoms with Crippen molar-refractivity contribution in [3.05, 3.63) is 11.6 Å². The number of aliphatic hydroxyl groups is 1. The SMILES string of the molecule is CCOC(=O)C1C(C)=CC(O)CC1(C)C. The van der Waals surface area contributed by atoms with Crippen LogP contribution in [0.4, 0.5) is 0 Å². The lowest BCUT2D eigenvalue weighted by Gasteiger charge is -2.38. The van der Waals surface area contributed by atoms with E-state index in [1.165, 1.54) is 0 Å². The highest BCUT2D eigenvalue weighted by Crippen LogP contribution is 2.41. The minimum atomic E-state index is -0.439. The summed E-state index contributed by atoms with van der Waals surface area (Å²) in [4.78, 5) is 11.8. The molecule has 1 aliphatic carbocycles. The van der Waals surface area contributed by atoms with E-state index in [4.69, 9.17) is 4.74 Å². The Kier molecular flexibility index (Phi) is 3.55. The summed E-state index contributed by atoms with van der Waals surface area (Å²) in [6, 6.07) is 0. The first-order valence-corrected chi connectivity index (χ1v) is 5.41. The molecule has 3 nitrogen and oxygen atoms in total. The lowest BCUT2D eigenvalue weighted by atomic mass is 9.68. The monoisotopic (exact) mass is 212 g/mol. The van der Waals surface area contributed by atoms with Gasteiger partial charge in [-0.15, -0.1) is 0 Å². The van der Waals surface area contributed by atoms with E-state index in [0.29, 0.717) is 13.0 Å². The van der Waals surface area contributed by atoms with Crippen LogP contribution < -0.4 is 0 Å². The van der Waals surface area contributed by atoms with Gasteiger partial charge in [-0.2, -0.15) is 0 Å². The van der Waals surface area contributed by atoms with Crippen molar-refractivity contribution in [2.24, 2.45) is 11.3 Å². The summed E-state index contributed by atoms with van der Waals surface area (Å²) < 4.78 is 5.06. The first kappa shape index (κ1) is 12.2. The van der Waals surface area contributed by atoms with Gasteiger partial charge in [-0.3, -0.25) is 4.79 Å². The van der Waals surface area contributed by atoms with Gasteiger partial charge in [0.2, 0.25) is 0 Å². The van der Waals surface area contributed by atoms with Crippen molar-refractivity contribution < 1.29 is 14.6 Å². The molecule has 0 aromatic rings. The molecule has 0 saturated carbocycles. The number of ether oxygens (including phenoxy) is 1. The van der Waals surface area contributed by atoms with E-state index < -0.39 is 6.10 Å². The van der Waals surface area contributed by atoms with Crippen LogP contribution in [0, 0.1) is 11.3 Å². The van der Waals surface area contributed by atoms with Gasteiger partial charge in [-0.25, -0.2) is 0 Å². The quantitative estimate of drug-likeness (QED) is 0.561. The molecule has 1 rings (SSSR count). The molecule has 0 fully saturated rings. The van der Waals surface area contributed by atoms with Gasteiger partial charge in [0.05, 0.1) is 18.6 Å². The second-order valence-electron chi connectivity index (χ2n) is 4.86. The predicted octanol–water partition coefficient (Wildman–Crippen LogP) is 1.90. The Balaban J connectivity index is 2.93. The molecule has 2 atom stereocenters. The summed E-state index contributed by atoms with van der Waals surface area (Å²) in [5.74, 6) is -0.399. The van der Waals surface area contributed by atoms with E-state index in [1.807, 2.05) is 27.7 Å². The van der Waals surface area contributed by atoms with Crippen LogP contribution >= 0.6 is 0 Å². The van der Waals surface area contributed by atoms with E-state index in [9.17, 15) is 9.90 Å². The summed E-state index contributed by atoms with van der Waals surface area (Å²) >= 11 is 0. The van der Waals surface area contributed by atoms with Crippen LogP contribution in [0.15, 0.2) is 11.6 Å². The van der Waals surface area contributed by atoms with E-state index in [-0.39, 0.29) is 17.3 Å². The molecule has 0 radical (unpaired) electrons. The highest BCUT2D eigenvalue weighted by Gasteiger charge is 2.41. The molecule has 2 unspecified atom stereocenters. The van der Waals surface area contributed by atoms with Crippen molar-refractivity contribution in [3.63, 3.8) is 0 Å². The normalized spacial score (nSPS) is 29.5. The van der Waals surface area contributed by atoms with Crippen LogP contribution in [0.5, 0.6) is 0 Å². The molecular weight excluding hydrogens is 192 g/mol. The third-order valence-corrected chi connectivity index (χ3v) is 2.95. The Hall–Kier alpha value is -0.830. The largest absolute Gasteiger partial charge is 0.466 e. The summed E-state index contributed by atoms with van der Waals surface area (Å²) in [7, 11) is 0. The first-order chi connectivity index (χ1) is 6.88. The van der Waals surface area contributed by atoms with Crippen molar-refractivity contribution in [2.45, 2.75) is 40.2 Å². The maximum Gasteiger partial charge on any atom is 0.313 e. The number of esters is 1. The molecular formula is C12H20O3. The molecule has 15 heavy (non-hydrogen) atoms. The maximum atomic E-state index is 11.8. The van der Waals surface area contributed by atoms with E-state index in [2.05, 4.69) is 0 Å². The number of carbonyl (C=O) groups is 1. The van der Waals surface area contributed by atoms with E-state index in [0.717, 1.165) is 5.57 Å². The van der Waals surface area contributed by atoms with Crippen LogP contribution in [-0.4, -0.2) is 23.8 Å². The molecule has 0 spiro atoms. The zero-order valence-corrected chi connectivity index (χ0v) is 9.91. The Morgan fingerprint density at radius 2 is 2.27 bits per heavy atom. The molecule has 0 heterocycles. The Morgan fingerprint density at radius 1 is 1.67 bits per heavy atom. The van der Waals surface area contributed by atoms with Gasteiger partial charge < -0.3 is 9.84 Å². The number of carbonyl (C=O) groups excluding carboxylic acids is 1. The van der Waals surface area contributed by atoms with Crippen molar-refractivity contribution in [2.75, 3.05) is 6.61 Å².